The highest BCUT2D eigenvalue weighted by Crippen LogP contribution is 2.48. The molecule has 7 nitrogen and oxygen atoms in total. The molecule has 3 aromatic carbocycles. The maximum atomic E-state index is 14.0. The van der Waals surface area contributed by atoms with E-state index >= 15 is 0 Å². The number of rotatable bonds is 9. The number of likely N-dealkylation sites (tertiary alicyclic amines) is 1. The molecule has 2 amide bonds. The molecule has 220 valence electrons. The lowest BCUT2D eigenvalue weighted by atomic mass is 9.76. The summed E-state index contributed by atoms with van der Waals surface area (Å²) in [5, 5.41) is 0. The molecule has 0 saturated carbocycles. The zero-order chi connectivity index (χ0) is 29.9. The van der Waals surface area contributed by atoms with E-state index < -0.39 is 17.6 Å². The molecule has 3 atom stereocenters. The van der Waals surface area contributed by atoms with Gasteiger partial charge in [0.1, 0.15) is 12.1 Å². The smallest absolute Gasteiger partial charge is 0.328 e. The number of hydrogen-bond acceptors (Lipinski definition) is 5. The van der Waals surface area contributed by atoms with E-state index in [9.17, 15) is 14.4 Å². The molecule has 2 fully saturated rings. The number of carbonyl (C=O) groups is 3. The minimum Gasteiger partial charge on any atom is -0.467 e. The van der Waals surface area contributed by atoms with Gasteiger partial charge in [0, 0.05) is 32.6 Å². The van der Waals surface area contributed by atoms with Gasteiger partial charge >= 0.3 is 5.97 Å². The number of likely N-dealkylation sites (N-methyl/N-ethyl adjacent to an activating group) is 1. The van der Waals surface area contributed by atoms with Crippen LogP contribution in [-0.2, 0) is 24.7 Å². The summed E-state index contributed by atoms with van der Waals surface area (Å²) in [5.74, 6) is -0.641. The quantitative estimate of drug-likeness (QED) is 0.216. The monoisotopic (exact) mass is 567 g/mol. The second kappa shape index (κ2) is 12.5. The zero-order valence-corrected chi connectivity index (χ0v) is 25.0. The summed E-state index contributed by atoms with van der Waals surface area (Å²) in [5.41, 5.74) is 2.75. The normalized spacial score (nSPS) is 19.7. The van der Waals surface area contributed by atoms with E-state index in [2.05, 4.69) is 77.7 Å². The highest BCUT2D eigenvalue weighted by molar-refractivity contribution is 5.87. The van der Waals surface area contributed by atoms with E-state index in [-0.39, 0.29) is 29.7 Å². The highest BCUT2D eigenvalue weighted by Gasteiger charge is 2.57. The molecular formula is C35H41N3O4. The summed E-state index contributed by atoms with van der Waals surface area (Å²) >= 11 is 0. The highest BCUT2D eigenvalue weighted by atomic mass is 16.5. The lowest BCUT2D eigenvalue weighted by molar-refractivity contribution is -0.156. The summed E-state index contributed by atoms with van der Waals surface area (Å²) < 4.78 is 4.96. The molecule has 0 N–H and O–H groups in total. The Morgan fingerprint density at radius 1 is 0.810 bits per heavy atom. The largest absolute Gasteiger partial charge is 0.467 e. The summed E-state index contributed by atoms with van der Waals surface area (Å²) in [4.78, 5) is 45.4. The Morgan fingerprint density at radius 2 is 1.26 bits per heavy atom. The van der Waals surface area contributed by atoms with Gasteiger partial charge in [-0.15, -0.1) is 0 Å². The Labute approximate surface area is 249 Å². The van der Waals surface area contributed by atoms with Crippen molar-refractivity contribution in [2.75, 3.05) is 33.8 Å². The summed E-state index contributed by atoms with van der Waals surface area (Å²) in [6.45, 7) is 5.51. The minimum absolute atomic E-state index is 0.0597. The van der Waals surface area contributed by atoms with Gasteiger partial charge in [0.15, 0.2) is 0 Å². The Bertz CT molecular complexity index is 1270. The van der Waals surface area contributed by atoms with Gasteiger partial charge in [0.05, 0.1) is 12.6 Å². The fraction of sp³-hybridized carbons (Fsp3) is 0.400. The minimum atomic E-state index is -0.621. The lowest BCUT2D eigenvalue weighted by Crippen LogP contribution is -2.51. The number of piperidine rings is 1. The van der Waals surface area contributed by atoms with Gasteiger partial charge in [-0.05, 0) is 35.4 Å². The fourth-order valence-electron chi connectivity index (χ4n) is 6.74. The average molecular weight is 568 g/mol. The number of amides is 2. The van der Waals surface area contributed by atoms with E-state index in [0.29, 0.717) is 32.5 Å². The second-order valence-corrected chi connectivity index (χ2v) is 11.7. The molecule has 0 spiro atoms. The van der Waals surface area contributed by atoms with Crippen molar-refractivity contribution in [3.8, 4) is 0 Å². The summed E-state index contributed by atoms with van der Waals surface area (Å²) in [6, 6.07) is 30.4. The molecule has 42 heavy (non-hydrogen) atoms. The fourth-order valence-corrected chi connectivity index (χ4v) is 6.74. The Hall–Kier alpha value is -3.97. The number of methoxy groups -OCH3 is 1. The van der Waals surface area contributed by atoms with Gasteiger partial charge in [-0.3, -0.25) is 14.5 Å². The molecule has 2 aliphatic heterocycles. The van der Waals surface area contributed by atoms with Crippen molar-refractivity contribution in [1.29, 1.82) is 0 Å². The Balaban J connectivity index is 1.35. The van der Waals surface area contributed by atoms with Crippen LogP contribution in [0.5, 0.6) is 0 Å². The first kappa shape index (κ1) is 29.5. The number of carbonyl (C=O) groups excluding carboxylic acids is 3. The SMILES string of the molecule is COC(=O)C(C(C)C)N(C)C(=O)C1CCN(C(=O)C2C[N@@]2C(c2ccccc2)(c2ccccc2)c2ccccc2)CC1. The van der Waals surface area contributed by atoms with E-state index in [1.54, 1.807) is 7.05 Å². The maximum Gasteiger partial charge on any atom is 0.328 e. The van der Waals surface area contributed by atoms with Gasteiger partial charge in [-0.2, -0.15) is 0 Å². The number of esters is 1. The molecule has 5 rings (SSSR count). The molecule has 0 bridgehead atoms. The average Bonchev–Trinajstić information content (AvgIpc) is 3.83. The first-order valence-corrected chi connectivity index (χ1v) is 14.9. The molecule has 0 radical (unpaired) electrons. The van der Waals surface area contributed by atoms with Crippen molar-refractivity contribution >= 4 is 17.8 Å². The van der Waals surface area contributed by atoms with Crippen LogP contribution in [0.25, 0.3) is 0 Å². The second-order valence-electron chi connectivity index (χ2n) is 11.7. The van der Waals surface area contributed by atoms with Crippen LogP contribution < -0.4 is 0 Å². The van der Waals surface area contributed by atoms with Gasteiger partial charge < -0.3 is 14.5 Å². The molecule has 2 saturated heterocycles. The van der Waals surface area contributed by atoms with Crippen molar-refractivity contribution in [2.45, 2.75) is 44.3 Å². The third-order valence-electron chi connectivity index (χ3n) is 8.90. The molecule has 2 heterocycles. The van der Waals surface area contributed by atoms with Crippen LogP contribution >= 0.6 is 0 Å². The van der Waals surface area contributed by atoms with E-state index in [4.69, 9.17) is 4.74 Å². The Kier molecular flexibility index (Phi) is 8.78. The van der Waals surface area contributed by atoms with Crippen molar-refractivity contribution < 1.29 is 19.1 Å². The molecule has 0 aliphatic carbocycles. The summed E-state index contributed by atoms with van der Waals surface area (Å²) in [6.07, 6.45) is 1.16. The van der Waals surface area contributed by atoms with E-state index in [1.807, 2.05) is 36.9 Å². The maximum absolute atomic E-state index is 14.0. The predicted octanol–water partition coefficient (Wildman–Crippen LogP) is 4.56. The number of hydrogen-bond donors (Lipinski definition) is 0. The van der Waals surface area contributed by atoms with Crippen molar-refractivity contribution in [3.05, 3.63) is 108 Å². The standard InChI is InChI=1S/C35H41N3O4/c1-25(2)31(34(41)42-4)36(3)32(39)26-20-22-37(23-21-26)33(40)30-24-38(30)35(27-14-8-5-9-15-27,28-16-10-6-11-17-28)29-18-12-7-13-19-29/h5-19,25-26,30-31H,20-24H2,1-4H3/t30?,31?,38-/m1/s1. The van der Waals surface area contributed by atoms with Gasteiger partial charge in [0.2, 0.25) is 11.8 Å². The summed E-state index contributed by atoms with van der Waals surface area (Å²) in [7, 11) is 3.03. The molecule has 2 unspecified atom stereocenters. The number of nitrogens with zero attached hydrogens (tertiary/aromatic N) is 3. The number of benzene rings is 3. The first-order valence-electron chi connectivity index (χ1n) is 14.9. The lowest BCUT2D eigenvalue weighted by Gasteiger charge is -2.39. The van der Waals surface area contributed by atoms with Crippen molar-refractivity contribution in [1.82, 2.24) is 14.7 Å². The molecule has 3 aromatic rings. The molecule has 0 aromatic heterocycles. The van der Waals surface area contributed by atoms with Gasteiger partial charge in [-0.25, -0.2) is 4.79 Å². The van der Waals surface area contributed by atoms with E-state index in [1.165, 1.54) is 12.0 Å². The number of ether oxygens (including phenoxy) is 1. The molecule has 2 aliphatic rings. The third-order valence-corrected chi connectivity index (χ3v) is 8.90. The first-order chi connectivity index (χ1) is 20.3. The Morgan fingerprint density at radius 3 is 1.67 bits per heavy atom. The van der Waals surface area contributed by atoms with Gasteiger partial charge in [0.25, 0.3) is 0 Å². The van der Waals surface area contributed by atoms with Crippen molar-refractivity contribution in [2.24, 2.45) is 11.8 Å². The molecule has 7 heteroatoms. The van der Waals surface area contributed by atoms with Crippen LogP contribution in [0.2, 0.25) is 0 Å². The van der Waals surface area contributed by atoms with Crippen LogP contribution in [0.4, 0.5) is 0 Å². The third kappa shape index (κ3) is 5.45. The molecular weight excluding hydrogens is 526 g/mol. The van der Waals surface area contributed by atoms with Gasteiger partial charge in [-0.1, -0.05) is 105 Å². The topological polar surface area (TPSA) is 69.9 Å². The van der Waals surface area contributed by atoms with Crippen molar-refractivity contribution in [3.63, 3.8) is 0 Å². The zero-order valence-electron chi connectivity index (χ0n) is 25.0. The predicted molar refractivity (Wildman–Crippen MR) is 162 cm³/mol. The van der Waals surface area contributed by atoms with Crippen LogP contribution in [0.3, 0.4) is 0 Å². The van der Waals surface area contributed by atoms with Crippen LogP contribution in [0.15, 0.2) is 91.0 Å². The van der Waals surface area contributed by atoms with Crippen LogP contribution in [-0.4, -0.2) is 78.4 Å². The van der Waals surface area contributed by atoms with Crippen LogP contribution in [0.1, 0.15) is 43.4 Å². The van der Waals surface area contributed by atoms with Crippen LogP contribution in [0, 0.1) is 11.8 Å². The van der Waals surface area contributed by atoms with E-state index in [0.717, 1.165) is 16.7 Å².